The number of hydrogen-bond donors (Lipinski definition) is 1. The van der Waals surface area contributed by atoms with E-state index in [4.69, 9.17) is 0 Å². The van der Waals surface area contributed by atoms with Gasteiger partial charge in [0.05, 0.1) is 11.1 Å². The summed E-state index contributed by atoms with van der Waals surface area (Å²) < 4.78 is 27.8. The second-order valence-corrected chi connectivity index (χ2v) is 4.62. The quantitative estimate of drug-likeness (QED) is 0.683. The average Bonchev–Trinajstić information content (AvgIpc) is 2.77. The SMILES string of the molecule is CC(C)(O)c1cn(-c2cc([N+](=O)[O-])c(F)cc2F)nn1. The van der Waals surface area contributed by atoms with Gasteiger partial charge < -0.3 is 5.11 Å². The molecule has 0 atom stereocenters. The Morgan fingerprint density at radius 2 is 2.00 bits per heavy atom. The van der Waals surface area contributed by atoms with Crippen LogP contribution in [-0.2, 0) is 5.60 Å². The number of hydrogen-bond acceptors (Lipinski definition) is 5. The topological polar surface area (TPSA) is 94.1 Å². The van der Waals surface area contributed by atoms with E-state index >= 15 is 0 Å². The van der Waals surface area contributed by atoms with E-state index < -0.39 is 27.8 Å². The third kappa shape index (κ3) is 2.48. The summed E-state index contributed by atoms with van der Waals surface area (Å²) in [4.78, 5) is 9.67. The first-order valence-electron chi connectivity index (χ1n) is 5.49. The first-order chi connectivity index (χ1) is 9.20. The molecular formula is C11H10F2N4O3. The van der Waals surface area contributed by atoms with Gasteiger partial charge in [-0.2, -0.15) is 4.39 Å². The highest BCUT2D eigenvalue weighted by Crippen LogP contribution is 2.25. The van der Waals surface area contributed by atoms with Crippen LogP contribution >= 0.6 is 0 Å². The highest BCUT2D eigenvalue weighted by Gasteiger charge is 2.23. The Labute approximate surface area is 111 Å². The molecule has 1 heterocycles. The molecule has 0 aliphatic rings. The van der Waals surface area contributed by atoms with Crippen molar-refractivity contribution in [2.45, 2.75) is 19.4 Å². The van der Waals surface area contributed by atoms with Crippen LogP contribution in [0.1, 0.15) is 19.5 Å². The lowest BCUT2D eigenvalue weighted by atomic mass is 10.1. The third-order valence-corrected chi connectivity index (χ3v) is 2.58. The van der Waals surface area contributed by atoms with Crippen LogP contribution in [0.2, 0.25) is 0 Å². The van der Waals surface area contributed by atoms with Gasteiger partial charge in [-0.3, -0.25) is 10.1 Å². The van der Waals surface area contributed by atoms with Gasteiger partial charge in [-0.25, -0.2) is 9.07 Å². The van der Waals surface area contributed by atoms with Gasteiger partial charge in [0.25, 0.3) is 0 Å². The van der Waals surface area contributed by atoms with E-state index in [0.29, 0.717) is 12.1 Å². The van der Waals surface area contributed by atoms with Gasteiger partial charge in [0, 0.05) is 12.1 Å². The number of nitro groups is 1. The number of aliphatic hydroxyl groups is 1. The minimum absolute atomic E-state index is 0.142. The van der Waals surface area contributed by atoms with Crippen molar-refractivity contribution in [2.75, 3.05) is 0 Å². The van der Waals surface area contributed by atoms with E-state index in [2.05, 4.69) is 10.3 Å². The number of nitro benzene ring substituents is 1. The van der Waals surface area contributed by atoms with Crippen molar-refractivity contribution < 1.29 is 18.8 Å². The first kappa shape index (κ1) is 14.0. The van der Waals surface area contributed by atoms with Crippen LogP contribution < -0.4 is 0 Å². The Bertz CT molecular complexity index is 679. The highest BCUT2D eigenvalue weighted by molar-refractivity contribution is 5.45. The molecule has 106 valence electrons. The normalized spacial score (nSPS) is 11.7. The summed E-state index contributed by atoms with van der Waals surface area (Å²) >= 11 is 0. The second kappa shape index (κ2) is 4.60. The van der Waals surface area contributed by atoms with Gasteiger partial charge in [0.1, 0.15) is 17.0 Å². The molecule has 7 nitrogen and oxygen atoms in total. The van der Waals surface area contributed by atoms with Crippen molar-refractivity contribution >= 4 is 5.69 Å². The van der Waals surface area contributed by atoms with Crippen molar-refractivity contribution in [1.29, 1.82) is 0 Å². The van der Waals surface area contributed by atoms with Gasteiger partial charge >= 0.3 is 5.69 Å². The van der Waals surface area contributed by atoms with Crippen molar-refractivity contribution in [3.63, 3.8) is 0 Å². The fourth-order valence-corrected chi connectivity index (χ4v) is 1.50. The zero-order valence-corrected chi connectivity index (χ0v) is 10.5. The fourth-order valence-electron chi connectivity index (χ4n) is 1.50. The Kier molecular flexibility index (Phi) is 3.22. The van der Waals surface area contributed by atoms with Gasteiger partial charge in [0.15, 0.2) is 5.82 Å². The molecule has 1 aromatic heterocycles. The summed E-state index contributed by atoms with van der Waals surface area (Å²) in [6.45, 7) is 2.90. The summed E-state index contributed by atoms with van der Waals surface area (Å²) in [6, 6.07) is 1.12. The van der Waals surface area contributed by atoms with Gasteiger partial charge in [0.2, 0.25) is 5.82 Å². The lowest BCUT2D eigenvalue weighted by molar-refractivity contribution is -0.387. The molecule has 0 aliphatic heterocycles. The average molecular weight is 284 g/mol. The van der Waals surface area contributed by atoms with Crippen molar-refractivity contribution in [1.82, 2.24) is 15.0 Å². The predicted molar refractivity (Wildman–Crippen MR) is 63.2 cm³/mol. The number of halogens is 2. The maximum absolute atomic E-state index is 13.7. The van der Waals surface area contributed by atoms with Crippen LogP contribution in [0.3, 0.4) is 0 Å². The highest BCUT2D eigenvalue weighted by atomic mass is 19.1. The van der Waals surface area contributed by atoms with Gasteiger partial charge in [-0.05, 0) is 13.8 Å². The van der Waals surface area contributed by atoms with E-state index in [1.165, 1.54) is 20.0 Å². The third-order valence-electron chi connectivity index (χ3n) is 2.58. The zero-order valence-electron chi connectivity index (χ0n) is 10.5. The largest absolute Gasteiger partial charge is 0.384 e. The minimum Gasteiger partial charge on any atom is -0.384 e. The van der Waals surface area contributed by atoms with E-state index in [1.54, 1.807) is 0 Å². The van der Waals surface area contributed by atoms with Crippen LogP contribution in [0, 0.1) is 21.7 Å². The first-order valence-corrected chi connectivity index (χ1v) is 5.49. The lowest BCUT2D eigenvalue weighted by Gasteiger charge is -2.11. The van der Waals surface area contributed by atoms with E-state index in [9.17, 15) is 24.0 Å². The molecule has 2 rings (SSSR count). The van der Waals surface area contributed by atoms with Crippen molar-refractivity contribution in [3.8, 4) is 5.69 Å². The van der Waals surface area contributed by atoms with Crippen LogP contribution in [0.15, 0.2) is 18.3 Å². The zero-order chi connectivity index (χ0) is 15.1. The fraction of sp³-hybridized carbons (Fsp3) is 0.273. The number of nitrogens with zero attached hydrogens (tertiary/aromatic N) is 4. The molecule has 9 heteroatoms. The van der Waals surface area contributed by atoms with E-state index in [0.717, 1.165) is 4.68 Å². The molecule has 0 spiro atoms. The molecule has 1 aromatic carbocycles. The van der Waals surface area contributed by atoms with Crippen LogP contribution in [0.4, 0.5) is 14.5 Å². The van der Waals surface area contributed by atoms with Crippen LogP contribution in [0.25, 0.3) is 5.69 Å². The van der Waals surface area contributed by atoms with Crippen molar-refractivity contribution in [2.24, 2.45) is 0 Å². The Morgan fingerprint density at radius 3 is 2.50 bits per heavy atom. The van der Waals surface area contributed by atoms with E-state index in [-0.39, 0.29) is 11.4 Å². The number of benzene rings is 1. The molecule has 0 fully saturated rings. The molecule has 0 aliphatic carbocycles. The van der Waals surface area contributed by atoms with Crippen LogP contribution in [-0.4, -0.2) is 25.0 Å². The molecular weight excluding hydrogens is 274 g/mol. The minimum atomic E-state index is -1.30. The van der Waals surface area contributed by atoms with E-state index in [1.807, 2.05) is 0 Å². The van der Waals surface area contributed by atoms with Crippen molar-refractivity contribution in [3.05, 3.63) is 45.8 Å². The summed E-state index contributed by atoms with van der Waals surface area (Å²) in [5.74, 6) is -2.31. The predicted octanol–water partition coefficient (Wildman–Crippen LogP) is 1.68. The molecule has 0 unspecified atom stereocenters. The smallest absolute Gasteiger partial charge is 0.307 e. The van der Waals surface area contributed by atoms with Crippen LogP contribution in [0.5, 0.6) is 0 Å². The van der Waals surface area contributed by atoms with Gasteiger partial charge in [-0.1, -0.05) is 5.21 Å². The molecule has 0 saturated carbocycles. The lowest BCUT2D eigenvalue weighted by Crippen LogP contribution is -2.15. The standard InChI is InChI=1S/C11H10F2N4O3/c1-11(2,18)10-5-16(15-14-10)8-4-9(17(19)20)7(13)3-6(8)12/h3-5,18H,1-2H3. The molecule has 0 radical (unpaired) electrons. The summed E-state index contributed by atoms with van der Waals surface area (Å²) in [5.41, 5.74) is -2.37. The molecule has 2 aromatic rings. The van der Waals surface area contributed by atoms with Gasteiger partial charge in [-0.15, -0.1) is 5.10 Å². The molecule has 20 heavy (non-hydrogen) atoms. The molecule has 0 amide bonds. The maximum Gasteiger partial charge on any atom is 0.307 e. The summed E-state index contributed by atoms with van der Waals surface area (Å²) in [6.07, 6.45) is 1.21. The second-order valence-electron chi connectivity index (χ2n) is 4.62. The summed E-state index contributed by atoms with van der Waals surface area (Å²) in [7, 11) is 0. The molecule has 0 bridgehead atoms. The molecule has 0 saturated heterocycles. The Morgan fingerprint density at radius 1 is 1.35 bits per heavy atom. The Balaban J connectivity index is 2.55. The monoisotopic (exact) mass is 284 g/mol. The number of aromatic nitrogens is 3. The number of rotatable bonds is 3. The maximum atomic E-state index is 13.7. The molecule has 1 N–H and O–H groups in total. The Hall–Kier alpha value is -2.42. The summed E-state index contributed by atoms with van der Waals surface area (Å²) in [5, 5.41) is 27.6.